The lowest BCUT2D eigenvalue weighted by molar-refractivity contribution is 1.12. The Kier molecular flexibility index (Phi) is 3.24. The summed E-state index contributed by atoms with van der Waals surface area (Å²) in [6, 6.07) is 10.0. The predicted molar refractivity (Wildman–Crippen MR) is 91.4 cm³/mol. The van der Waals surface area contributed by atoms with Gasteiger partial charge < -0.3 is 4.98 Å². The minimum absolute atomic E-state index is 0.147. The molecule has 1 N–H and O–H groups in total. The van der Waals surface area contributed by atoms with Gasteiger partial charge in [0.2, 0.25) is 0 Å². The standard InChI is InChI=1S/C17H12N4OS/c1-10-13-16(22)20-15(12-9-18-7-8-19-12)21-17(13)23-14(10)11-5-3-2-4-6-11/h2-9H,1H3,(H,20,21,22). The van der Waals surface area contributed by atoms with E-state index in [1.54, 1.807) is 18.6 Å². The number of hydrogen-bond acceptors (Lipinski definition) is 5. The quantitative estimate of drug-likeness (QED) is 0.614. The number of H-pyrrole nitrogens is 1. The number of hydrogen-bond donors (Lipinski definition) is 1. The Bertz CT molecular complexity index is 1040. The molecule has 0 atom stereocenters. The topological polar surface area (TPSA) is 71.5 Å². The molecule has 3 aromatic heterocycles. The van der Waals surface area contributed by atoms with Crippen LogP contribution in [-0.2, 0) is 0 Å². The van der Waals surface area contributed by atoms with Crippen molar-refractivity contribution in [3.63, 3.8) is 0 Å². The summed E-state index contributed by atoms with van der Waals surface area (Å²) < 4.78 is 0. The van der Waals surface area contributed by atoms with E-state index in [0.29, 0.717) is 21.7 Å². The van der Waals surface area contributed by atoms with Gasteiger partial charge in [-0.05, 0) is 18.1 Å². The summed E-state index contributed by atoms with van der Waals surface area (Å²) in [4.78, 5) is 29.9. The van der Waals surface area contributed by atoms with Gasteiger partial charge in [0, 0.05) is 17.3 Å². The van der Waals surface area contributed by atoms with Gasteiger partial charge in [-0.1, -0.05) is 30.3 Å². The number of nitrogens with zero attached hydrogens (tertiary/aromatic N) is 3. The van der Waals surface area contributed by atoms with Gasteiger partial charge in [-0.25, -0.2) is 9.97 Å². The molecule has 23 heavy (non-hydrogen) atoms. The van der Waals surface area contributed by atoms with E-state index in [2.05, 4.69) is 19.9 Å². The van der Waals surface area contributed by atoms with Crippen LogP contribution in [0.5, 0.6) is 0 Å². The van der Waals surface area contributed by atoms with Crippen LogP contribution in [0.2, 0.25) is 0 Å². The van der Waals surface area contributed by atoms with E-state index in [1.165, 1.54) is 11.3 Å². The summed E-state index contributed by atoms with van der Waals surface area (Å²) in [5.74, 6) is 0.441. The van der Waals surface area contributed by atoms with E-state index >= 15 is 0 Å². The van der Waals surface area contributed by atoms with Gasteiger partial charge in [0.25, 0.3) is 5.56 Å². The fraction of sp³-hybridized carbons (Fsp3) is 0.0588. The lowest BCUT2D eigenvalue weighted by Crippen LogP contribution is -2.09. The average Bonchev–Trinajstić information content (AvgIpc) is 2.94. The Balaban J connectivity index is 1.97. The zero-order chi connectivity index (χ0) is 15.8. The highest BCUT2D eigenvalue weighted by atomic mass is 32.1. The molecule has 5 nitrogen and oxygen atoms in total. The van der Waals surface area contributed by atoms with Gasteiger partial charge in [-0.2, -0.15) is 0 Å². The van der Waals surface area contributed by atoms with Crippen molar-refractivity contribution in [2.45, 2.75) is 6.92 Å². The highest BCUT2D eigenvalue weighted by Gasteiger charge is 2.16. The van der Waals surface area contributed by atoms with Crippen LogP contribution in [0.1, 0.15) is 5.56 Å². The number of rotatable bonds is 2. The Morgan fingerprint density at radius 2 is 1.96 bits per heavy atom. The van der Waals surface area contributed by atoms with Gasteiger partial charge in [-0.15, -0.1) is 11.3 Å². The fourth-order valence-corrected chi connectivity index (χ4v) is 3.74. The Labute approximate surface area is 135 Å². The molecule has 0 bridgehead atoms. The highest BCUT2D eigenvalue weighted by Crippen LogP contribution is 2.35. The Morgan fingerprint density at radius 1 is 1.13 bits per heavy atom. The maximum atomic E-state index is 12.5. The molecular formula is C17H12N4OS. The van der Waals surface area contributed by atoms with Crippen LogP contribution in [0, 0.1) is 6.92 Å². The first kappa shape index (κ1) is 13.8. The second-order valence-electron chi connectivity index (χ2n) is 5.11. The molecule has 0 spiro atoms. The van der Waals surface area contributed by atoms with Gasteiger partial charge in [0.15, 0.2) is 5.82 Å². The largest absolute Gasteiger partial charge is 0.305 e. The van der Waals surface area contributed by atoms with Crippen LogP contribution in [0.3, 0.4) is 0 Å². The van der Waals surface area contributed by atoms with Gasteiger partial charge in [-0.3, -0.25) is 9.78 Å². The second kappa shape index (κ2) is 5.40. The van der Waals surface area contributed by atoms with Crippen LogP contribution in [-0.4, -0.2) is 19.9 Å². The summed E-state index contributed by atoms with van der Waals surface area (Å²) in [6.45, 7) is 1.96. The second-order valence-corrected chi connectivity index (χ2v) is 6.11. The number of thiophene rings is 1. The molecule has 3 heterocycles. The SMILES string of the molecule is Cc1c(-c2ccccc2)sc2nc(-c3cnccn3)[nH]c(=O)c12. The smallest absolute Gasteiger partial charge is 0.260 e. The van der Waals surface area contributed by atoms with E-state index in [9.17, 15) is 4.79 Å². The van der Waals surface area contributed by atoms with E-state index in [4.69, 9.17) is 0 Å². The van der Waals surface area contributed by atoms with Crippen molar-refractivity contribution >= 4 is 21.6 Å². The molecule has 0 fully saturated rings. The molecule has 0 amide bonds. The average molecular weight is 320 g/mol. The molecule has 0 radical (unpaired) electrons. The molecule has 1 aromatic carbocycles. The number of aromatic amines is 1. The van der Waals surface area contributed by atoms with E-state index in [-0.39, 0.29) is 5.56 Å². The van der Waals surface area contributed by atoms with Gasteiger partial charge in [0.05, 0.1) is 11.6 Å². The molecule has 4 rings (SSSR count). The first-order chi connectivity index (χ1) is 11.2. The molecule has 6 heteroatoms. The first-order valence-electron chi connectivity index (χ1n) is 7.09. The summed E-state index contributed by atoms with van der Waals surface area (Å²) >= 11 is 1.52. The van der Waals surface area contributed by atoms with Crippen LogP contribution >= 0.6 is 11.3 Å². The molecule has 0 aliphatic heterocycles. The summed E-state index contributed by atoms with van der Waals surface area (Å²) in [5.41, 5.74) is 2.45. The molecular weight excluding hydrogens is 308 g/mol. The third kappa shape index (κ3) is 2.33. The van der Waals surface area contributed by atoms with E-state index < -0.39 is 0 Å². The van der Waals surface area contributed by atoms with Crippen LogP contribution in [0.25, 0.3) is 32.2 Å². The monoisotopic (exact) mass is 320 g/mol. The summed E-state index contributed by atoms with van der Waals surface area (Å²) in [5, 5.41) is 0.640. The number of benzene rings is 1. The van der Waals surface area contributed by atoms with E-state index in [0.717, 1.165) is 16.0 Å². The van der Waals surface area contributed by atoms with Crippen molar-refractivity contribution in [2.75, 3.05) is 0 Å². The van der Waals surface area contributed by atoms with Crippen LogP contribution in [0.4, 0.5) is 0 Å². The summed E-state index contributed by atoms with van der Waals surface area (Å²) in [7, 11) is 0. The van der Waals surface area contributed by atoms with Crippen molar-refractivity contribution in [2.24, 2.45) is 0 Å². The Hall–Kier alpha value is -2.86. The molecule has 0 saturated heterocycles. The van der Waals surface area contributed by atoms with Crippen molar-refractivity contribution in [1.29, 1.82) is 0 Å². The minimum Gasteiger partial charge on any atom is -0.305 e. The minimum atomic E-state index is -0.147. The maximum Gasteiger partial charge on any atom is 0.260 e. The van der Waals surface area contributed by atoms with Crippen molar-refractivity contribution in [3.05, 3.63) is 64.8 Å². The number of aryl methyl sites for hydroxylation is 1. The van der Waals surface area contributed by atoms with Crippen molar-refractivity contribution in [3.8, 4) is 22.0 Å². The van der Waals surface area contributed by atoms with E-state index in [1.807, 2.05) is 37.3 Å². The van der Waals surface area contributed by atoms with Crippen molar-refractivity contribution < 1.29 is 0 Å². The van der Waals surface area contributed by atoms with Gasteiger partial charge >= 0.3 is 0 Å². The van der Waals surface area contributed by atoms with Crippen LogP contribution < -0.4 is 5.56 Å². The Morgan fingerprint density at radius 3 is 2.70 bits per heavy atom. The molecule has 0 aliphatic rings. The third-order valence-electron chi connectivity index (χ3n) is 3.64. The molecule has 0 saturated carbocycles. The molecule has 0 unspecified atom stereocenters. The van der Waals surface area contributed by atoms with Crippen LogP contribution in [0.15, 0.2) is 53.7 Å². The number of aromatic nitrogens is 4. The predicted octanol–water partition coefficient (Wildman–Crippen LogP) is 3.42. The zero-order valence-electron chi connectivity index (χ0n) is 12.3. The number of nitrogens with one attached hydrogen (secondary N) is 1. The molecule has 112 valence electrons. The zero-order valence-corrected chi connectivity index (χ0v) is 13.1. The lowest BCUT2D eigenvalue weighted by Gasteiger charge is -1.99. The highest BCUT2D eigenvalue weighted by molar-refractivity contribution is 7.22. The molecule has 4 aromatic rings. The normalized spacial score (nSPS) is 11.0. The van der Waals surface area contributed by atoms with Crippen molar-refractivity contribution in [1.82, 2.24) is 19.9 Å². The third-order valence-corrected chi connectivity index (χ3v) is 4.88. The maximum absolute atomic E-state index is 12.5. The van der Waals surface area contributed by atoms with Gasteiger partial charge in [0.1, 0.15) is 10.5 Å². The fourth-order valence-electron chi connectivity index (χ4n) is 2.55. The summed E-state index contributed by atoms with van der Waals surface area (Å²) in [6.07, 6.45) is 4.75. The lowest BCUT2D eigenvalue weighted by atomic mass is 10.1. The number of fused-ring (bicyclic) bond motifs is 1. The molecule has 0 aliphatic carbocycles. The first-order valence-corrected chi connectivity index (χ1v) is 7.91.